The van der Waals surface area contributed by atoms with Gasteiger partial charge in [-0.3, -0.25) is 4.79 Å². The Balaban J connectivity index is 2.54. The molecular formula is C8H7B2FNO. The van der Waals surface area contributed by atoms with Gasteiger partial charge in [-0.2, -0.15) is 0 Å². The fourth-order valence-corrected chi connectivity index (χ4v) is 0.932. The Bertz CT molecular complexity index is 289. The van der Waals surface area contributed by atoms with Crippen molar-refractivity contribution in [1.29, 1.82) is 0 Å². The number of carbonyl (C=O) groups excluding carboxylic acids is 1. The molecule has 63 valence electrons. The van der Waals surface area contributed by atoms with E-state index in [4.69, 9.17) is 7.74 Å². The number of hydrogen-bond acceptors (Lipinski definition) is 1. The van der Waals surface area contributed by atoms with E-state index >= 15 is 0 Å². The van der Waals surface area contributed by atoms with Crippen LogP contribution in [-0.2, 0) is 11.2 Å². The summed E-state index contributed by atoms with van der Waals surface area (Å²) < 4.78 is 12.4. The molecule has 5 heteroatoms. The number of rotatable bonds is 3. The van der Waals surface area contributed by atoms with Crippen LogP contribution in [0.15, 0.2) is 24.3 Å². The van der Waals surface area contributed by atoms with Gasteiger partial charge in [0.25, 0.3) is 0 Å². The molecule has 0 fully saturated rings. The normalized spacial score (nSPS) is 9.31. The van der Waals surface area contributed by atoms with Crippen molar-refractivity contribution in [2.45, 2.75) is 6.42 Å². The van der Waals surface area contributed by atoms with Crippen molar-refractivity contribution in [2.75, 3.05) is 0 Å². The molecule has 0 aliphatic rings. The van der Waals surface area contributed by atoms with Crippen LogP contribution in [0.2, 0.25) is 0 Å². The van der Waals surface area contributed by atoms with Crippen molar-refractivity contribution in [3.05, 3.63) is 35.6 Å². The van der Waals surface area contributed by atoms with Crippen LogP contribution >= 0.6 is 0 Å². The lowest BCUT2D eigenvalue weighted by molar-refractivity contribution is -0.118. The van der Waals surface area contributed by atoms with Gasteiger partial charge in [0, 0.05) is 7.74 Å². The van der Waals surface area contributed by atoms with Crippen molar-refractivity contribution in [3.63, 3.8) is 0 Å². The first-order valence-electron chi connectivity index (χ1n) is 3.79. The van der Waals surface area contributed by atoms with E-state index in [9.17, 15) is 9.18 Å². The third kappa shape index (κ3) is 3.32. The van der Waals surface area contributed by atoms with Gasteiger partial charge < -0.3 is 5.23 Å². The Hall–Kier alpha value is -1.25. The van der Waals surface area contributed by atoms with Crippen LogP contribution in [0.5, 0.6) is 0 Å². The summed E-state index contributed by atoms with van der Waals surface area (Å²) >= 11 is 0. The van der Waals surface area contributed by atoms with Gasteiger partial charge >= 0.3 is 0 Å². The number of carbonyl (C=O) groups is 1. The molecule has 0 heterocycles. The van der Waals surface area contributed by atoms with E-state index in [1.807, 2.05) is 0 Å². The minimum absolute atomic E-state index is 0.202. The Morgan fingerprint density at radius 3 is 2.62 bits per heavy atom. The van der Waals surface area contributed by atoms with Gasteiger partial charge in [0.1, 0.15) is 5.82 Å². The van der Waals surface area contributed by atoms with E-state index in [0.29, 0.717) is 0 Å². The van der Waals surface area contributed by atoms with Crippen molar-refractivity contribution in [2.24, 2.45) is 0 Å². The average molecular weight is 174 g/mol. The number of benzene rings is 1. The SMILES string of the molecule is [B][B]NC(=O)Cc1ccc(F)cc1. The number of amides is 1. The molecule has 0 unspecified atom stereocenters. The maximum Gasteiger partial charge on any atom is 0.211 e. The standard InChI is InChI=1S/C8H7B2FNO/c9-10-12-8(13)5-6-1-3-7(11)4-2-6/h1-4H,5H2,(H,12,13). The lowest BCUT2D eigenvalue weighted by Crippen LogP contribution is -2.28. The molecule has 0 bridgehead atoms. The molecular weight excluding hydrogens is 167 g/mol. The zero-order valence-electron chi connectivity index (χ0n) is 6.96. The molecule has 0 aliphatic carbocycles. The summed E-state index contributed by atoms with van der Waals surface area (Å²) in [6.07, 6.45) is 0.202. The summed E-state index contributed by atoms with van der Waals surface area (Å²) in [4.78, 5) is 11.0. The van der Waals surface area contributed by atoms with Gasteiger partial charge in [-0.25, -0.2) is 4.39 Å². The number of nitrogens with one attached hydrogen (secondary N) is 1. The number of hydrogen-bond donors (Lipinski definition) is 1. The molecule has 1 amide bonds. The predicted octanol–water partition coefficient (Wildman–Crippen LogP) is 0.187. The summed E-state index contributed by atoms with van der Waals surface area (Å²) in [5, 5.41) is 2.33. The summed E-state index contributed by atoms with van der Waals surface area (Å²) in [7, 11) is 6.07. The van der Waals surface area contributed by atoms with Crippen LogP contribution in [0.25, 0.3) is 0 Å². The topological polar surface area (TPSA) is 29.1 Å². The average Bonchev–Trinajstić information content (AvgIpc) is 2.09. The van der Waals surface area contributed by atoms with E-state index in [0.717, 1.165) is 12.9 Å². The summed E-state index contributed by atoms with van der Waals surface area (Å²) in [5.41, 5.74) is 0.751. The summed E-state index contributed by atoms with van der Waals surface area (Å²) in [6.45, 7) is 0. The van der Waals surface area contributed by atoms with Crippen molar-refractivity contribution >= 4 is 20.9 Å². The zero-order chi connectivity index (χ0) is 9.68. The van der Waals surface area contributed by atoms with E-state index in [1.165, 1.54) is 12.1 Å². The Kier molecular flexibility index (Phi) is 3.55. The molecule has 3 radical (unpaired) electrons. The summed E-state index contributed by atoms with van der Waals surface area (Å²) in [5.74, 6) is -0.524. The fourth-order valence-electron chi connectivity index (χ4n) is 0.932. The van der Waals surface area contributed by atoms with Crippen LogP contribution in [-0.4, -0.2) is 20.9 Å². The van der Waals surface area contributed by atoms with Gasteiger partial charge in [0.2, 0.25) is 5.91 Å². The highest BCUT2D eigenvalue weighted by atomic mass is 19.1. The van der Waals surface area contributed by atoms with Crippen molar-refractivity contribution in [1.82, 2.24) is 5.23 Å². The van der Waals surface area contributed by atoms with Crippen molar-refractivity contribution in [3.8, 4) is 0 Å². The monoisotopic (exact) mass is 174 g/mol. The molecule has 2 nitrogen and oxygen atoms in total. The molecule has 0 aliphatic heterocycles. The molecule has 0 spiro atoms. The largest absolute Gasteiger partial charge is 0.412 e. The van der Waals surface area contributed by atoms with Gasteiger partial charge in [0.05, 0.1) is 6.42 Å². The maximum atomic E-state index is 12.4. The minimum Gasteiger partial charge on any atom is -0.412 e. The second kappa shape index (κ2) is 4.70. The first-order chi connectivity index (χ1) is 6.22. The summed E-state index contributed by atoms with van der Waals surface area (Å²) in [6, 6.07) is 5.75. The molecule has 1 aromatic rings. The van der Waals surface area contributed by atoms with Crippen molar-refractivity contribution < 1.29 is 9.18 Å². The molecule has 0 aromatic heterocycles. The van der Waals surface area contributed by atoms with Gasteiger partial charge in [-0.05, 0) is 17.7 Å². The van der Waals surface area contributed by atoms with Crippen LogP contribution < -0.4 is 5.23 Å². The van der Waals surface area contributed by atoms with Gasteiger partial charge in [0.15, 0.2) is 7.31 Å². The smallest absolute Gasteiger partial charge is 0.211 e. The molecule has 0 atom stereocenters. The lowest BCUT2D eigenvalue weighted by atomic mass is 9.67. The molecule has 1 N–H and O–H groups in total. The van der Waals surface area contributed by atoms with Gasteiger partial charge in [-0.15, -0.1) is 0 Å². The van der Waals surface area contributed by atoms with E-state index < -0.39 is 0 Å². The molecule has 0 saturated heterocycles. The second-order valence-electron chi connectivity index (χ2n) is 2.54. The third-order valence-corrected chi connectivity index (χ3v) is 1.52. The van der Waals surface area contributed by atoms with Crippen LogP contribution in [0, 0.1) is 5.82 Å². The first-order valence-corrected chi connectivity index (χ1v) is 3.79. The Labute approximate surface area is 78.2 Å². The Morgan fingerprint density at radius 1 is 1.46 bits per heavy atom. The first kappa shape index (κ1) is 9.83. The van der Waals surface area contributed by atoms with Crippen LogP contribution in [0.3, 0.4) is 0 Å². The molecule has 1 rings (SSSR count). The van der Waals surface area contributed by atoms with E-state index in [-0.39, 0.29) is 18.1 Å². The highest BCUT2D eigenvalue weighted by Gasteiger charge is 2.00. The fraction of sp³-hybridized carbons (Fsp3) is 0.125. The minimum atomic E-state index is -0.311. The van der Waals surface area contributed by atoms with E-state index in [1.54, 1.807) is 12.1 Å². The lowest BCUT2D eigenvalue weighted by Gasteiger charge is -2.01. The molecule has 1 aromatic carbocycles. The zero-order valence-corrected chi connectivity index (χ0v) is 6.96. The highest BCUT2D eigenvalue weighted by molar-refractivity contribution is 6.89. The van der Waals surface area contributed by atoms with Crippen LogP contribution in [0.4, 0.5) is 4.39 Å². The molecule has 0 saturated carbocycles. The second-order valence-corrected chi connectivity index (χ2v) is 2.54. The van der Waals surface area contributed by atoms with Crippen LogP contribution in [0.1, 0.15) is 5.56 Å². The number of halogens is 1. The third-order valence-electron chi connectivity index (χ3n) is 1.52. The van der Waals surface area contributed by atoms with E-state index in [2.05, 4.69) is 5.23 Å². The predicted molar refractivity (Wildman–Crippen MR) is 49.8 cm³/mol. The quantitative estimate of drug-likeness (QED) is 0.650. The maximum absolute atomic E-state index is 12.4. The van der Waals surface area contributed by atoms with Gasteiger partial charge in [-0.1, -0.05) is 12.1 Å². The molecule has 13 heavy (non-hydrogen) atoms. The highest BCUT2D eigenvalue weighted by Crippen LogP contribution is 2.02. The Morgan fingerprint density at radius 2 is 2.08 bits per heavy atom.